The molecule has 0 aliphatic heterocycles. The van der Waals surface area contributed by atoms with Crippen molar-refractivity contribution in [3.63, 3.8) is 0 Å². The first kappa shape index (κ1) is 20.6. The van der Waals surface area contributed by atoms with Crippen LogP contribution in [-0.2, 0) is 14.6 Å². The summed E-state index contributed by atoms with van der Waals surface area (Å²) in [7, 11) is -3.66. The van der Waals surface area contributed by atoms with E-state index in [2.05, 4.69) is 5.32 Å². The minimum atomic E-state index is -3.66. The zero-order chi connectivity index (χ0) is 20.7. The third-order valence-corrected chi connectivity index (χ3v) is 6.70. The highest BCUT2D eigenvalue weighted by Gasteiger charge is 2.29. The number of benzene rings is 3. The van der Waals surface area contributed by atoms with E-state index in [1.54, 1.807) is 60.7 Å². The highest BCUT2D eigenvalue weighted by Crippen LogP contribution is 2.28. The van der Waals surface area contributed by atoms with Crippen molar-refractivity contribution in [2.75, 3.05) is 6.54 Å². The summed E-state index contributed by atoms with van der Waals surface area (Å²) in [5.41, 5.74) is 2.69. The molecule has 148 valence electrons. The zero-order valence-electron chi connectivity index (χ0n) is 16.2. The van der Waals surface area contributed by atoms with E-state index in [9.17, 15) is 13.2 Å². The predicted molar refractivity (Wildman–Crippen MR) is 116 cm³/mol. The van der Waals surface area contributed by atoms with Gasteiger partial charge in [-0.25, -0.2) is 8.42 Å². The highest BCUT2D eigenvalue weighted by atomic mass is 32.2. The van der Waals surface area contributed by atoms with Crippen molar-refractivity contribution in [2.45, 2.75) is 17.1 Å². The van der Waals surface area contributed by atoms with E-state index in [0.29, 0.717) is 5.56 Å². The zero-order valence-corrected chi connectivity index (χ0v) is 17.0. The summed E-state index contributed by atoms with van der Waals surface area (Å²) >= 11 is 0. The van der Waals surface area contributed by atoms with E-state index in [4.69, 9.17) is 0 Å². The largest absolute Gasteiger partial charge is 0.351 e. The normalized spacial score (nSPS) is 12.6. The van der Waals surface area contributed by atoms with Crippen LogP contribution in [0.4, 0.5) is 0 Å². The van der Waals surface area contributed by atoms with Crippen molar-refractivity contribution in [1.29, 1.82) is 0 Å². The van der Waals surface area contributed by atoms with E-state index in [1.807, 2.05) is 37.3 Å². The lowest BCUT2D eigenvalue weighted by atomic mass is 10.1. The summed E-state index contributed by atoms with van der Waals surface area (Å²) in [4.78, 5) is 12.5. The van der Waals surface area contributed by atoms with Gasteiger partial charge in [0.1, 0.15) is 5.25 Å². The first-order valence-electron chi connectivity index (χ1n) is 9.33. The number of carbonyl (C=O) groups is 1. The van der Waals surface area contributed by atoms with Crippen LogP contribution in [0.25, 0.3) is 6.08 Å². The first-order chi connectivity index (χ1) is 14.0. The van der Waals surface area contributed by atoms with Gasteiger partial charge in [-0.15, -0.1) is 0 Å². The summed E-state index contributed by atoms with van der Waals surface area (Å²) in [6.07, 6.45) is 3.12. The van der Waals surface area contributed by atoms with E-state index < -0.39 is 15.1 Å². The molecule has 0 aliphatic carbocycles. The van der Waals surface area contributed by atoms with E-state index in [0.717, 1.165) is 11.1 Å². The fraction of sp³-hybridized carbons (Fsp3) is 0.125. The van der Waals surface area contributed by atoms with Gasteiger partial charge in [0, 0.05) is 12.6 Å². The fourth-order valence-electron chi connectivity index (χ4n) is 2.95. The molecule has 3 aromatic carbocycles. The molecule has 0 unspecified atom stereocenters. The molecule has 0 saturated heterocycles. The van der Waals surface area contributed by atoms with Gasteiger partial charge in [-0.2, -0.15) is 0 Å². The van der Waals surface area contributed by atoms with Gasteiger partial charge in [-0.1, -0.05) is 78.4 Å². The molecule has 0 heterocycles. The molecule has 0 aromatic heterocycles. The molecule has 0 fully saturated rings. The third kappa shape index (κ3) is 5.42. The maximum atomic E-state index is 13.2. The van der Waals surface area contributed by atoms with Gasteiger partial charge in [0.25, 0.3) is 0 Å². The number of amides is 1. The maximum Gasteiger partial charge on any atom is 0.244 e. The van der Waals surface area contributed by atoms with Crippen molar-refractivity contribution in [3.05, 3.63) is 108 Å². The molecule has 0 bridgehead atoms. The van der Waals surface area contributed by atoms with Crippen molar-refractivity contribution in [1.82, 2.24) is 5.32 Å². The second kappa shape index (κ2) is 9.34. The second-order valence-electron chi connectivity index (χ2n) is 6.75. The summed E-state index contributed by atoms with van der Waals surface area (Å²) in [6.45, 7) is 1.98. The Kier molecular flexibility index (Phi) is 6.62. The first-order valence-corrected chi connectivity index (χ1v) is 10.9. The fourth-order valence-corrected chi connectivity index (χ4v) is 4.63. The van der Waals surface area contributed by atoms with Gasteiger partial charge in [0.2, 0.25) is 5.91 Å². The lowest BCUT2D eigenvalue weighted by Crippen LogP contribution is -2.30. The molecule has 1 N–H and O–H groups in total. The average molecular weight is 406 g/mol. The van der Waals surface area contributed by atoms with Crippen LogP contribution in [0.3, 0.4) is 0 Å². The Labute approximate surface area is 171 Å². The SMILES string of the molecule is Cc1ccc(/C=C/C(=O)NC[C@@H](c2ccccc2)S(=O)(=O)c2ccccc2)cc1. The molecule has 5 heteroatoms. The van der Waals surface area contributed by atoms with E-state index in [1.165, 1.54) is 6.08 Å². The summed E-state index contributed by atoms with van der Waals surface area (Å²) in [6, 6.07) is 25.0. The Balaban J connectivity index is 1.77. The van der Waals surface area contributed by atoms with Crippen LogP contribution in [0.5, 0.6) is 0 Å². The summed E-state index contributed by atoms with van der Waals surface area (Å²) < 4.78 is 26.4. The Morgan fingerprint density at radius 1 is 0.897 bits per heavy atom. The molecule has 0 spiro atoms. The van der Waals surface area contributed by atoms with Crippen molar-refractivity contribution in [2.24, 2.45) is 0 Å². The molecule has 29 heavy (non-hydrogen) atoms. The van der Waals surface area contributed by atoms with Crippen LogP contribution in [0.1, 0.15) is 21.9 Å². The number of carbonyl (C=O) groups excluding carboxylic acids is 1. The van der Waals surface area contributed by atoms with Gasteiger partial charge in [-0.3, -0.25) is 4.79 Å². The minimum absolute atomic E-state index is 0.0156. The lowest BCUT2D eigenvalue weighted by Gasteiger charge is -2.18. The van der Waals surface area contributed by atoms with Crippen LogP contribution in [0.15, 0.2) is 95.9 Å². The topological polar surface area (TPSA) is 63.2 Å². The van der Waals surface area contributed by atoms with Crippen molar-refractivity contribution >= 4 is 21.8 Å². The third-order valence-electron chi connectivity index (χ3n) is 4.58. The highest BCUT2D eigenvalue weighted by molar-refractivity contribution is 7.91. The average Bonchev–Trinajstić information content (AvgIpc) is 2.75. The van der Waals surface area contributed by atoms with Crippen LogP contribution < -0.4 is 5.32 Å². The van der Waals surface area contributed by atoms with Crippen LogP contribution >= 0.6 is 0 Å². The number of hydrogen-bond donors (Lipinski definition) is 1. The molecule has 3 rings (SSSR count). The van der Waals surface area contributed by atoms with Crippen LogP contribution in [0.2, 0.25) is 0 Å². The molecular formula is C24H23NO3S. The molecule has 1 amide bonds. The Bertz CT molecular complexity index is 1070. The summed E-state index contributed by atoms with van der Waals surface area (Å²) in [5.74, 6) is -0.338. The molecule has 3 aromatic rings. The summed E-state index contributed by atoms with van der Waals surface area (Å²) in [5, 5.41) is 1.86. The number of rotatable bonds is 7. The molecule has 0 radical (unpaired) electrons. The van der Waals surface area contributed by atoms with Gasteiger partial charge in [-0.05, 0) is 36.3 Å². The Morgan fingerprint density at radius 3 is 2.10 bits per heavy atom. The quantitative estimate of drug-likeness (QED) is 0.595. The standard InChI is InChI=1S/C24H23NO3S/c1-19-12-14-20(15-13-19)16-17-24(26)25-18-23(21-8-4-2-5-9-21)29(27,28)22-10-6-3-7-11-22/h2-17,23H,18H2,1H3,(H,25,26)/b17-16+/t23-/m0/s1. The smallest absolute Gasteiger partial charge is 0.244 e. The van der Waals surface area contributed by atoms with Crippen molar-refractivity contribution < 1.29 is 13.2 Å². The predicted octanol–water partition coefficient (Wildman–Crippen LogP) is 4.34. The molecular weight excluding hydrogens is 382 g/mol. The van der Waals surface area contributed by atoms with Crippen molar-refractivity contribution in [3.8, 4) is 0 Å². The van der Waals surface area contributed by atoms with E-state index in [-0.39, 0.29) is 17.3 Å². The van der Waals surface area contributed by atoms with Gasteiger partial charge in [0.15, 0.2) is 9.84 Å². The maximum absolute atomic E-state index is 13.2. The molecule has 1 atom stereocenters. The molecule has 0 aliphatic rings. The van der Waals surface area contributed by atoms with Crippen LogP contribution in [0, 0.1) is 6.92 Å². The van der Waals surface area contributed by atoms with Crippen LogP contribution in [-0.4, -0.2) is 20.9 Å². The number of sulfone groups is 1. The molecule has 0 saturated carbocycles. The lowest BCUT2D eigenvalue weighted by molar-refractivity contribution is -0.116. The number of aryl methyl sites for hydroxylation is 1. The second-order valence-corrected chi connectivity index (χ2v) is 8.88. The minimum Gasteiger partial charge on any atom is -0.351 e. The van der Waals surface area contributed by atoms with Gasteiger partial charge < -0.3 is 5.32 Å². The molecule has 4 nitrogen and oxygen atoms in total. The van der Waals surface area contributed by atoms with Gasteiger partial charge >= 0.3 is 0 Å². The van der Waals surface area contributed by atoms with Gasteiger partial charge in [0.05, 0.1) is 4.90 Å². The number of hydrogen-bond acceptors (Lipinski definition) is 3. The monoisotopic (exact) mass is 405 g/mol. The van der Waals surface area contributed by atoms with E-state index >= 15 is 0 Å². The Morgan fingerprint density at radius 2 is 1.48 bits per heavy atom. The number of nitrogens with one attached hydrogen (secondary N) is 1. The Hall–Kier alpha value is -3.18.